The topological polar surface area (TPSA) is 74.2 Å². The van der Waals surface area contributed by atoms with Crippen molar-refractivity contribution in [2.24, 2.45) is 0 Å². The number of unbranched alkanes of at least 4 members (excludes halogenated alkanes) is 12. The van der Waals surface area contributed by atoms with E-state index in [1.54, 1.807) is 0 Å². The Balaban J connectivity index is 3.30. The van der Waals surface area contributed by atoms with E-state index in [0.29, 0.717) is 0 Å². The van der Waals surface area contributed by atoms with Gasteiger partial charge in [-0.2, -0.15) is 0 Å². The average Bonchev–Trinajstić information content (AvgIpc) is 2.59. The summed E-state index contributed by atoms with van der Waals surface area (Å²) in [5.41, 5.74) is 0. The van der Waals surface area contributed by atoms with Crippen molar-refractivity contribution in [1.82, 2.24) is 0 Å². The molecule has 0 radical (unpaired) electrons. The predicted octanol–water partition coefficient (Wildman–Crippen LogP) is 6.48. The summed E-state index contributed by atoms with van der Waals surface area (Å²) in [4.78, 5) is 18.8. The van der Waals surface area contributed by atoms with Gasteiger partial charge < -0.3 is 0 Å². The Morgan fingerprint density at radius 3 is 1.32 bits per heavy atom. The second kappa shape index (κ2) is 18.8. The van der Waals surface area contributed by atoms with Crippen LogP contribution >= 0.6 is 7.82 Å². The average molecular weight is 382 g/mol. The Morgan fingerprint density at radius 1 is 0.600 bits per heavy atom. The van der Waals surface area contributed by atoms with E-state index in [-0.39, 0.29) is 13.2 Å². The van der Waals surface area contributed by atoms with Gasteiger partial charge in [0, 0.05) is 0 Å². The first-order valence-corrected chi connectivity index (χ1v) is 11.6. The third-order valence-electron chi connectivity index (χ3n) is 3.96. The van der Waals surface area contributed by atoms with Crippen molar-refractivity contribution in [2.45, 2.75) is 104 Å². The SMILES string of the molecule is CCCCCCCCCCCCOOP(=O)(O)OOCCCCCC. The van der Waals surface area contributed by atoms with Crippen LogP contribution in [0.3, 0.4) is 0 Å². The van der Waals surface area contributed by atoms with Gasteiger partial charge in [0.05, 0.1) is 13.2 Å². The summed E-state index contributed by atoms with van der Waals surface area (Å²) in [6.45, 7) is 4.89. The fourth-order valence-corrected chi connectivity index (χ4v) is 2.90. The van der Waals surface area contributed by atoms with E-state index in [0.717, 1.165) is 44.9 Å². The van der Waals surface area contributed by atoms with Crippen molar-refractivity contribution in [3.8, 4) is 0 Å². The molecule has 0 fully saturated rings. The maximum atomic E-state index is 11.4. The number of phosphoric acid groups is 1. The molecule has 6 nitrogen and oxygen atoms in total. The Morgan fingerprint density at radius 2 is 0.920 bits per heavy atom. The maximum Gasteiger partial charge on any atom is 0.526 e. The van der Waals surface area contributed by atoms with Crippen molar-refractivity contribution in [3.05, 3.63) is 0 Å². The second-order valence-electron chi connectivity index (χ2n) is 6.50. The van der Waals surface area contributed by atoms with E-state index in [9.17, 15) is 9.46 Å². The molecule has 0 heterocycles. The van der Waals surface area contributed by atoms with E-state index >= 15 is 0 Å². The van der Waals surface area contributed by atoms with Gasteiger partial charge in [0.1, 0.15) is 0 Å². The van der Waals surface area contributed by atoms with Crippen LogP contribution in [0.15, 0.2) is 0 Å². The van der Waals surface area contributed by atoms with Crippen LogP contribution in [0.2, 0.25) is 0 Å². The highest BCUT2D eigenvalue weighted by molar-refractivity contribution is 7.47. The lowest BCUT2D eigenvalue weighted by molar-refractivity contribution is -0.279. The molecule has 0 aromatic heterocycles. The molecule has 0 aliphatic rings. The van der Waals surface area contributed by atoms with E-state index in [4.69, 9.17) is 4.89 Å². The van der Waals surface area contributed by atoms with E-state index < -0.39 is 7.82 Å². The summed E-state index contributed by atoms with van der Waals surface area (Å²) < 4.78 is 20.2. The zero-order chi connectivity index (χ0) is 18.6. The van der Waals surface area contributed by atoms with Crippen molar-refractivity contribution in [2.75, 3.05) is 13.2 Å². The van der Waals surface area contributed by atoms with Gasteiger partial charge in [0.25, 0.3) is 0 Å². The third-order valence-corrected chi connectivity index (χ3v) is 4.54. The first-order chi connectivity index (χ1) is 12.1. The zero-order valence-electron chi connectivity index (χ0n) is 16.2. The quantitative estimate of drug-likeness (QED) is 0.112. The molecule has 0 bridgehead atoms. The van der Waals surface area contributed by atoms with Gasteiger partial charge >= 0.3 is 7.82 Å². The van der Waals surface area contributed by atoms with Crippen LogP contribution in [-0.4, -0.2) is 18.1 Å². The van der Waals surface area contributed by atoms with Gasteiger partial charge in [-0.3, -0.25) is 4.89 Å². The molecule has 1 N–H and O–H groups in total. The Kier molecular flexibility index (Phi) is 18.8. The lowest BCUT2D eigenvalue weighted by Gasteiger charge is -2.10. The third kappa shape index (κ3) is 20.2. The van der Waals surface area contributed by atoms with Gasteiger partial charge in [-0.05, 0) is 12.8 Å². The summed E-state index contributed by atoms with van der Waals surface area (Å²) in [6, 6.07) is 0. The molecule has 0 amide bonds. The summed E-state index contributed by atoms with van der Waals surface area (Å²) in [5, 5.41) is 0. The molecular formula is C18H39O6P. The van der Waals surface area contributed by atoms with Gasteiger partial charge in [-0.1, -0.05) is 90.9 Å². The normalized spacial score (nSPS) is 13.9. The molecular weight excluding hydrogens is 343 g/mol. The standard InChI is InChI=1S/C18H39O6P/c1-3-5-7-9-10-11-12-13-14-16-18-22-24-25(19,20)23-21-17-15-8-6-4-2/h3-18H2,1-2H3,(H,19,20). The Bertz CT molecular complexity index is 314. The zero-order valence-corrected chi connectivity index (χ0v) is 17.1. The van der Waals surface area contributed by atoms with Crippen LogP contribution in [0, 0.1) is 0 Å². The maximum absolute atomic E-state index is 11.4. The van der Waals surface area contributed by atoms with Crippen molar-refractivity contribution in [3.63, 3.8) is 0 Å². The lowest BCUT2D eigenvalue weighted by Crippen LogP contribution is -2.01. The van der Waals surface area contributed by atoms with Crippen LogP contribution in [0.5, 0.6) is 0 Å². The molecule has 0 aromatic carbocycles. The van der Waals surface area contributed by atoms with Gasteiger partial charge in [-0.25, -0.2) is 14.3 Å². The van der Waals surface area contributed by atoms with Crippen LogP contribution in [-0.2, 0) is 23.7 Å². The minimum Gasteiger partial charge on any atom is -0.299 e. The molecule has 0 aliphatic carbocycles. The molecule has 0 aromatic rings. The van der Waals surface area contributed by atoms with E-state index in [1.807, 2.05) is 0 Å². The van der Waals surface area contributed by atoms with Gasteiger partial charge in [-0.15, -0.1) is 9.35 Å². The molecule has 1 atom stereocenters. The fraction of sp³-hybridized carbons (Fsp3) is 1.00. The van der Waals surface area contributed by atoms with Crippen molar-refractivity contribution in [1.29, 1.82) is 0 Å². The summed E-state index contributed by atoms with van der Waals surface area (Å²) in [6.07, 6.45) is 16.2. The molecule has 0 aliphatic heterocycles. The fourth-order valence-electron chi connectivity index (χ4n) is 2.46. The van der Waals surface area contributed by atoms with Gasteiger partial charge in [0.15, 0.2) is 0 Å². The summed E-state index contributed by atoms with van der Waals surface area (Å²) in [5.74, 6) is 0. The van der Waals surface area contributed by atoms with Crippen LogP contribution in [0.1, 0.15) is 104 Å². The molecule has 0 rings (SSSR count). The van der Waals surface area contributed by atoms with Gasteiger partial charge in [0.2, 0.25) is 0 Å². The van der Waals surface area contributed by atoms with E-state index in [2.05, 4.69) is 28.1 Å². The lowest BCUT2D eigenvalue weighted by atomic mass is 10.1. The first-order valence-electron chi connectivity index (χ1n) is 10.1. The first kappa shape index (κ1) is 25.0. The molecule has 25 heavy (non-hydrogen) atoms. The molecule has 0 saturated heterocycles. The monoisotopic (exact) mass is 382 g/mol. The smallest absolute Gasteiger partial charge is 0.299 e. The molecule has 0 spiro atoms. The molecule has 0 saturated carbocycles. The minimum absolute atomic E-state index is 0.270. The van der Waals surface area contributed by atoms with Crippen molar-refractivity contribution < 1.29 is 28.6 Å². The second-order valence-corrected chi connectivity index (χ2v) is 7.74. The highest BCUT2D eigenvalue weighted by atomic mass is 31.2. The molecule has 1 unspecified atom stereocenters. The number of hydrogen-bond acceptors (Lipinski definition) is 5. The Hall–Kier alpha value is 0.0300. The highest BCUT2D eigenvalue weighted by Crippen LogP contribution is 2.43. The number of hydrogen-bond donors (Lipinski definition) is 1. The van der Waals surface area contributed by atoms with Crippen molar-refractivity contribution >= 4 is 7.82 Å². The predicted molar refractivity (Wildman–Crippen MR) is 99.9 cm³/mol. The van der Waals surface area contributed by atoms with Crippen LogP contribution in [0.4, 0.5) is 0 Å². The minimum atomic E-state index is -4.27. The Labute approximate surface area is 154 Å². The molecule has 152 valence electrons. The van der Waals surface area contributed by atoms with Crippen LogP contribution in [0.25, 0.3) is 0 Å². The summed E-state index contributed by atoms with van der Waals surface area (Å²) in [7, 11) is -4.27. The summed E-state index contributed by atoms with van der Waals surface area (Å²) >= 11 is 0. The largest absolute Gasteiger partial charge is 0.526 e. The highest BCUT2D eigenvalue weighted by Gasteiger charge is 2.24. The van der Waals surface area contributed by atoms with Crippen LogP contribution < -0.4 is 0 Å². The molecule has 7 heteroatoms. The van der Waals surface area contributed by atoms with E-state index in [1.165, 1.54) is 44.9 Å². The number of rotatable bonds is 20.